The molecule has 3 heterocycles. The topological polar surface area (TPSA) is 57.3 Å². The highest BCUT2D eigenvalue weighted by Gasteiger charge is 2.42. The molecule has 0 radical (unpaired) electrons. The number of fused-ring (bicyclic) bond motifs is 3. The van der Waals surface area contributed by atoms with Gasteiger partial charge >= 0.3 is 0 Å². The van der Waals surface area contributed by atoms with Crippen molar-refractivity contribution in [1.82, 2.24) is 10.2 Å². The van der Waals surface area contributed by atoms with Gasteiger partial charge in [0, 0.05) is 44.5 Å². The van der Waals surface area contributed by atoms with E-state index >= 15 is 0 Å². The number of hydrogen-bond donors (Lipinski definition) is 1. The summed E-state index contributed by atoms with van der Waals surface area (Å²) in [6.07, 6.45) is 3.29. The minimum Gasteiger partial charge on any atom is -0.497 e. The molecule has 0 aromatic heterocycles. The van der Waals surface area contributed by atoms with Crippen molar-refractivity contribution >= 4 is 17.3 Å². The second-order valence-corrected chi connectivity index (χ2v) is 9.52. The van der Waals surface area contributed by atoms with Crippen molar-refractivity contribution in [3.05, 3.63) is 48.0 Å². The SMILES string of the molecule is COc1ccc2c(c1)N1CCN(c3ccccc3OC)C[C@@H]1[C@H](C(=O)NCCN1CCCC1)C2. The first-order valence-corrected chi connectivity index (χ1v) is 12.5. The van der Waals surface area contributed by atoms with Gasteiger partial charge in [0.25, 0.3) is 0 Å². The van der Waals surface area contributed by atoms with E-state index in [1.54, 1.807) is 14.2 Å². The van der Waals surface area contributed by atoms with E-state index in [9.17, 15) is 4.79 Å². The molecule has 3 aliphatic heterocycles. The van der Waals surface area contributed by atoms with Gasteiger partial charge in [-0.1, -0.05) is 18.2 Å². The van der Waals surface area contributed by atoms with Crippen LogP contribution < -0.4 is 24.6 Å². The lowest BCUT2D eigenvalue weighted by Crippen LogP contribution is -2.61. The van der Waals surface area contributed by atoms with E-state index in [1.165, 1.54) is 24.1 Å². The monoisotopic (exact) mass is 464 g/mol. The Hall–Kier alpha value is -2.93. The lowest BCUT2D eigenvalue weighted by atomic mass is 9.83. The van der Waals surface area contributed by atoms with Crippen LogP contribution in [0.3, 0.4) is 0 Å². The minimum absolute atomic E-state index is 0.0880. The van der Waals surface area contributed by atoms with Gasteiger partial charge in [0.2, 0.25) is 5.91 Å². The molecule has 5 rings (SSSR count). The van der Waals surface area contributed by atoms with Crippen LogP contribution in [-0.2, 0) is 11.2 Å². The van der Waals surface area contributed by atoms with Gasteiger partial charge < -0.3 is 29.5 Å². The average molecular weight is 465 g/mol. The number of para-hydroxylation sites is 2. The molecule has 1 N–H and O–H groups in total. The average Bonchev–Trinajstić information content (AvgIpc) is 3.41. The third-order valence-electron chi connectivity index (χ3n) is 7.61. The van der Waals surface area contributed by atoms with Gasteiger partial charge in [-0.25, -0.2) is 0 Å². The Bertz CT molecular complexity index is 1010. The van der Waals surface area contributed by atoms with Crippen LogP contribution in [0, 0.1) is 5.92 Å². The zero-order valence-electron chi connectivity index (χ0n) is 20.3. The van der Waals surface area contributed by atoms with Crippen molar-refractivity contribution in [3.8, 4) is 11.5 Å². The van der Waals surface area contributed by atoms with Gasteiger partial charge in [-0.3, -0.25) is 4.79 Å². The number of likely N-dealkylation sites (tertiary alicyclic amines) is 1. The second-order valence-electron chi connectivity index (χ2n) is 9.52. The zero-order valence-corrected chi connectivity index (χ0v) is 20.3. The number of nitrogens with one attached hydrogen (secondary N) is 1. The lowest BCUT2D eigenvalue weighted by molar-refractivity contribution is -0.125. The maximum absolute atomic E-state index is 13.5. The maximum Gasteiger partial charge on any atom is 0.225 e. The van der Waals surface area contributed by atoms with Crippen LogP contribution in [0.2, 0.25) is 0 Å². The Labute approximate surface area is 202 Å². The molecular formula is C27H36N4O3. The second kappa shape index (κ2) is 10.1. The fraction of sp³-hybridized carbons (Fsp3) is 0.519. The number of carbonyl (C=O) groups excluding carboxylic acids is 1. The van der Waals surface area contributed by atoms with Crippen molar-refractivity contribution in [2.45, 2.75) is 25.3 Å². The van der Waals surface area contributed by atoms with Gasteiger partial charge in [0.15, 0.2) is 0 Å². The van der Waals surface area contributed by atoms with Gasteiger partial charge in [0.05, 0.1) is 31.9 Å². The van der Waals surface area contributed by atoms with E-state index in [0.717, 1.165) is 62.9 Å². The Kier molecular flexibility index (Phi) is 6.81. The first-order chi connectivity index (χ1) is 16.7. The van der Waals surface area contributed by atoms with E-state index < -0.39 is 0 Å². The summed E-state index contributed by atoms with van der Waals surface area (Å²) in [4.78, 5) is 20.7. The highest BCUT2D eigenvalue weighted by Crippen LogP contribution is 2.40. The summed E-state index contributed by atoms with van der Waals surface area (Å²) in [5, 5.41) is 3.27. The predicted molar refractivity (Wildman–Crippen MR) is 135 cm³/mol. The number of carbonyl (C=O) groups is 1. The van der Waals surface area contributed by atoms with Crippen molar-refractivity contribution in [2.24, 2.45) is 5.92 Å². The number of piperazine rings is 1. The van der Waals surface area contributed by atoms with E-state index in [1.807, 2.05) is 24.3 Å². The highest BCUT2D eigenvalue weighted by molar-refractivity contribution is 5.82. The van der Waals surface area contributed by atoms with E-state index in [4.69, 9.17) is 9.47 Å². The Morgan fingerprint density at radius 2 is 1.82 bits per heavy atom. The third kappa shape index (κ3) is 4.53. The first kappa shape index (κ1) is 22.8. The summed E-state index contributed by atoms with van der Waals surface area (Å²) >= 11 is 0. The molecule has 7 nitrogen and oxygen atoms in total. The molecule has 0 spiro atoms. The van der Waals surface area contributed by atoms with Gasteiger partial charge in [-0.2, -0.15) is 0 Å². The first-order valence-electron chi connectivity index (χ1n) is 12.5. The summed E-state index contributed by atoms with van der Waals surface area (Å²) < 4.78 is 11.2. The molecule has 7 heteroatoms. The van der Waals surface area contributed by atoms with Crippen LogP contribution in [0.4, 0.5) is 11.4 Å². The molecule has 2 aromatic carbocycles. The molecule has 0 saturated carbocycles. The normalized spacial score (nSPS) is 22.2. The van der Waals surface area contributed by atoms with Crippen molar-refractivity contribution in [1.29, 1.82) is 0 Å². The number of methoxy groups -OCH3 is 2. The Morgan fingerprint density at radius 1 is 1.00 bits per heavy atom. The van der Waals surface area contributed by atoms with Crippen LogP contribution in [0.25, 0.3) is 0 Å². The van der Waals surface area contributed by atoms with Crippen molar-refractivity contribution in [2.75, 3.05) is 69.8 Å². The molecular weight excluding hydrogens is 428 g/mol. The molecule has 0 bridgehead atoms. The fourth-order valence-corrected chi connectivity index (χ4v) is 5.79. The number of rotatable bonds is 7. The molecule has 3 aliphatic rings. The fourth-order valence-electron chi connectivity index (χ4n) is 5.79. The number of nitrogens with zero attached hydrogens (tertiary/aromatic N) is 3. The molecule has 2 saturated heterocycles. The van der Waals surface area contributed by atoms with Crippen molar-refractivity contribution < 1.29 is 14.3 Å². The summed E-state index contributed by atoms with van der Waals surface area (Å²) in [5.74, 6) is 1.80. The highest BCUT2D eigenvalue weighted by atomic mass is 16.5. The van der Waals surface area contributed by atoms with Gasteiger partial charge in [-0.05, 0) is 56.1 Å². The molecule has 182 valence electrons. The van der Waals surface area contributed by atoms with Crippen LogP contribution in [0.15, 0.2) is 42.5 Å². The Morgan fingerprint density at radius 3 is 2.62 bits per heavy atom. The number of hydrogen-bond acceptors (Lipinski definition) is 6. The van der Waals surface area contributed by atoms with E-state index in [0.29, 0.717) is 6.54 Å². The van der Waals surface area contributed by atoms with E-state index in [2.05, 4.69) is 38.2 Å². The summed E-state index contributed by atoms with van der Waals surface area (Å²) in [6.45, 7) is 6.46. The number of benzene rings is 2. The molecule has 2 atom stereocenters. The summed E-state index contributed by atoms with van der Waals surface area (Å²) in [5.41, 5.74) is 3.52. The third-order valence-corrected chi connectivity index (χ3v) is 7.61. The maximum atomic E-state index is 13.5. The van der Waals surface area contributed by atoms with E-state index in [-0.39, 0.29) is 17.9 Å². The standard InChI is InChI=1S/C27H36N4O3/c1-33-21-10-9-20-17-22(27(32)28-11-14-29-12-5-6-13-29)25-19-30(15-16-31(25)24(20)18-21)23-7-3-4-8-26(23)34-2/h3-4,7-10,18,22,25H,5-6,11-17,19H2,1-2H3,(H,28,32)/t22-,25-/m1/s1. The number of amides is 1. The zero-order chi connectivity index (χ0) is 23.5. The van der Waals surface area contributed by atoms with Gasteiger partial charge in [-0.15, -0.1) is 0 Å². The van der Waals surface area contributed by atoms with Crippen LogP contribution >= 0.6 is 0 Å². The molecule has 0 aliphatic carbocycles. The molecule has 2 fully saturated rings. The molecule has 34 heavy (non-hydrogen) atoms. The summed E-state index contributed by atoms with van der Waals surface area (Å²) in [7, 11) is 3.42. The van der Waals surface area contributed by atoms with Crippen LogP contribution in [-0.4, -0.2) is 76.9 Å². The quantitative estimate of drug-likeness (QED) is 0.680. The van der Waals surface area contributed by atoms with Crippen LogP contribution in [0.5, 0.6) is 11.5 Å². The van der Waals surface area contributed by atoms with Crippen molar-refractivity contribution in [3.63, 3.8) is 0 Å². The summed E-state index contributed by atoms with van der Waals surface area (Å²) in [6, 6.07) is 14.5. The largest absolute Gasteiger partial charge is 0.497 e. The molecule has 0 unspecified atom stereocenters. The van der Waals surface area contributed by atoms with Crippen LogP contribution in [0.1, 0.15) is 18.4 Å². The minimum atomic E-state index is -0.100. The number of ether oxygens (including phenoxy) is 2. The Balaban J connectivity index is 1.38. The number of anilines is 2. The molecule has 1 amide bonds. The predicted octanol–water partition coefficient (Wildman–Crippen LogP) is 2.78. The van der Waals surface area contributed by atoms with Gasteiger partial charge in [0.1, 0.15) is 11.5 Å². The lowest BCUT2D eigenvalue weighted by Gasteiger charge is -2.49. The smallest absolute Gasteiger partial charge is 0.225 e. The molecule has 2 aromatic rings.